The number of aryl methyl sites for hydroxylation is 1. The molecule has 1 aromatic heterocycles. The highest BCUT2D eigenvalue weighted by molar-refractivity contribution is 6.07. The van der Waals surface area contributed by atoms with Crippen LogP contribution in [-0.4, -0.2) is 63.3 Å². The van der Waals surface area contributed by atoms with Crippen LogP contribution in [0.5, 0.6) is 0 Å². The number of anilines is 2. The topological polar surface area (TPSA) is 124 Å². The quantitative estimate of drug-likeness (QED) is 0.224. The summed E-state index contributed by atoms with van der Waals surface area (Å²) in [5, 5.41) is 33.5. The average Bonchev–Trinajstić information content (AvgIpc) is 3.62. The van der Waals surface area contributed by atoms with Gasteiger partial charge in [0.25, 0.3) is 5.91 Å². The molecular formula is C35H38N6O4. The van der Waals surface area contributed by atoms with Crippen molar-refractivity contribution in [2.24, 2.45) is 5.92 Å². The summed E-state index contributed by atoms with van der Waals surface area (Å²) < 4.78 is 1.74. The molecule has 0 spiro atoms. The number of aliphatic hydroxyl groups excluding tert-OH is 1. The Bertz CT molecular complexity index is 1670. The molecule has 1 unspecified atom stereocenters. The van der Waals surface area contributed by atoms with Gasteiger partial charge in [-0.2, -0.15) is 0 Å². The van der Waals surface area contributed by atoms with Gasteiger partial charge in [0.2, 0.25) is 5.91 Å². The van der Waals surface area contributed by atoms with Crippen LogP contribution in [0.25, 0.3) is 0 Å². The first-order valence-corrected chi connectivity index (χ1v) is 15.4. The summed E-state index contributed by atoms with van der Waals surface area (Å²) in [6.07, 6.45) is 6.32. The van der Waals surface area contributed by atoms with Crippen molar-refractivity contribution in [2.45, 2.75) is 38.0 Å². The lowest BCUT2D eigenvalue weighted by molar-refractivity contribution is -0.139. The van der Waals surface area contributed by atoms with Gasteiger partial charge in [-0.25, -0.2) is 0 Å². The van der Waals surface area contributed by atoms with Crippen LogP contribution in [0, 0.1) is 5.92 Å². The predicted octanol–water partition coefficient (Wildman–Crippen LogP) is 3.36. The molecule has 0 aliphatic carbocycles. The van der Waals surface area contributed by atoms with E-state index in [-0.39, 0.29) is 24.3 Å². The highest BCUT2D eigenvalue weighted by Gasteiger charge is 2.52. The molecule has 0 bridgehead atoms. The van der Waals surface area contributed by atoms with E-state index < -0.39 is 11.5 Å². The molecule has 2 aliphatic heterocycles. The zero-order chi connectivity index (χ0) is 31.4. The van der Waals surface area contributed by atoms with Gasteiger partial charge in [-0.15, -0.1) is 5.10 Å². The molecule has 2 amide bonds. The lowest BCUT2D eigenvalue weighted by Gasteiger charge is -2.28. The molecule has 0 saturated carbocycles. The van der Waals surface area contributed by atoms with E-state index in [9.17, 15) is 19.8 Å². The van der Waals surface area contributed by atoms with E-state index in [1.165, 1.54) is 0 Å². The minimum atomic E-state index is -1.70. The number of benzene rings is 3. The maximum atomic E-state index is 13.9. The molecule has 6 rings (SSSR count). The van der Waals surface area contributed by atoms with Crippen LogP contribution in [0.3, 0.4) is 0 Å². The monoisotopic (exact) mass is 606 g/mol. The molecule has 1 saturated heterocycles. The van der Waals surface area contributed by atoms with Crippen molar-refractivity contribution in [1.82, 2.24) is 20.3 Å². The van der Waals surface area contributed by atoms with Crippen molar-refractivity contribution in [3.05, 3.63) is 120 Å². The van der Waals surface area contributed by atoms with E-state index in [0.717, 1.165) is 23.4 Å². The maximum Gasteiger partial charge on any atom is 0.264 e. The Hall–Kier alpha value is -4.64. The molecule has 2 aliphatic rings. The van der Waals surface area contributed by atoms with E-state index in [1.807, 2.05) is 104 Å². The Balaban J connectivity index is 1.11. The van der Waals surface area contributed by atoms with Crippen molar-refractivity contribution >= 4 is 23.2 Å². The summed E-state index contributed by atoms with van der Waals surface area (Å²) in [5.41, 5.74) is 3.00. The van der Waals surface area contributed by atoms with Crippen molar-refractivity contribution < 1.29 is 19.8 Å². The van der Waals surface area contributed by atoms with Gasteiger partial charge in [0.05, 0.1) is 37.0 Å². The predicted molar refractivity (Wildman–Crippen MR) is 172 cm³/mol. The Morgan fingerprint density at radius 1 is 1.02 bits per heavy atom. The first-order valence-electron chi connectivity index (χ1n) is 15.4. The molecule has 3 heterocycles. The molecule has 10 nitrogen and oxygen atoms in total. The number of aromatic nitrogens is 3. The molecule has 3 N–H and O–H groups in total. The van der Waals surface area contributed by atoms with Crippen molar-refractivity contribution in [3.63, 3.8) is 0 Å². The molecule has 45 heavy (non-hydrogen) atoms. The third-order valence-electron chi connectivity index (χ3n) is 8.76. The third kappa shape index (κ3) is 6.04. The van der Waals surface area contributed by atoms with Gasteiger partial charge in [-0.3, -0.25) is 14.3 Å². The minimum Gasteiger partial charge on any atom is -0.395 e. The Labute approximate surface area is 262 Å². The lowest BCUT2D eigenvalue weighted by Crippen LogP contribution is -2.48. The zero-order valence-electron chi connectivity index (χ0n) is 25.3. The van der Waals surface area contributed by atoms with E-state index in [1.54, 1.807) is 14.5 Å². The number of hydrogen-bond donors (Lipinski definition) is 3. The molecule has 232 valence electrons. The maximum absolute atomic E-state index is 13.9. The number of amides is 2. The molecule has 10 heteroatoms. The number of nitrogens with zero attached hydrogens (tertiary/aromatic N) is 5. The van der Waals surface area contributed by atoms with Gasteiger partial charge in [-0.1, -0.05) is 85.0 Å². The number of fused-ring (bicyclic) bond motifs is 1. The van der Waals surface area contributed by atoms with Crippen LogP contribution in [-0.2, 0) is 28.3 Å². The fraction of sp³-hybridized carbons (Fsp3) is 0.314. The molecule has 3 aromatic carbocycles. The Morgan fingerprint density at radius 3 is 2.53 bits per heavy atom. The SMILES string of the molecule is C[C@H](/C=C/CCn1cc(C(CO)c2ccccc2)nn1)[C@@]1(O)C(=O)N(Cc2ccc(N3CCNCC3=O)cc2)c2ccccc21. The number of hydrogen-bond acceptors (Lipinski definition) is 7. The van der Waals surface area contributed by atoms with E-state index >= 15 is 0 Å². The molecular weight excluding hydrogens is 568 g/mol. The lowest BCUT2D eigenvalue weighted by atomic mass is 9.83. The number of aliphatic hydroxyl groups is 2. The van der Waals surface area contributed by atoms with Crippen LogP contribution in [0.2, 0.25) is 0 Å². The Kier molecular flexibility index (Phi) is 8.88. The van der Waals surface area contributed by atoms with Crippen molar-refractivity contribution in [2.75, 3.05) is 36.0 Å². The molecule has 0 radical (unpaired) electrons. The summed E-state index contributed by atoms with van der Waals surface area (Å²) >= 11 is 0. The second-order valence-electron chi connectivity index (χ2n) is 11.6. The zero-order valence-corrected chi connectivity index (χ0v) is 25.3. The van der Waals surface area contributed by atoms with Crippen LogP contribution in [0.15, 0.2) is 97.2 Å². The van der Waals surface area contributed by atoms with Crippen molar-refractivity contribution in [3.8, 4) is 0 Å². The smallest absolute Gasteiger partial charge is 0.264 e. The van der Waals surface area contributed by atoms with Crippen LogP contribution < -0.4 is 15.1 Å². The fourth-order valence-corrected chi connectivity index (χ4v) is 6.19. The minimum absolute atomic E-state index is 0.0363. The number of piperazine rings is 1. The van der Waals surface area contributed by atoms with Gasteiger partial charge in [0.15, 0.2) is 5.60 Å². The van der Waals surface area contributed by atoms with E-state index in [4.69, 9.17) is 0 Å². The first-order chi connectivity index (χ1) is 21.9. The van der Waals surface area contributed by atoms with Gasteiger partial charge in [-0.05, 0) is 35.7 Å². The highest BCUT2D eigenvalue weighted by atomic mass is 16.3. The van der Waals surface area contributed by atoms with Gasteiger partial charge in [0.1, 0.15) is 0 Å². The number of rotatable bonds is 11. The second kappa shape index (κ2) is 13.2. The summed E-state index contributed by atoms with van der Waals surface area (Å²) in [4.78, 5) is 29.6. The summed E-state index contributed by atoms with van der Waals surface area (Å²) in [6.45, 7) is 4.35. The second-order valence-corrected chi connectivity index (χ2v) is 11.6. The van der Waals surface area contributed by atoms with Gasteiger partial charge < -0.3 is 25.3 Å². The highest BCUT2D eigenvalue weighted by Crippen LogP contribution is 2.45. The molecule has 4 aromatic rings. The summed E-state index contributed by atoms with van der Waals surface area (Å²) in [7, 11) is 0. The van der Waals surface area contributed by atoms with Gasteiger partial charge >= 0.3 is 0 Å². The van der Waals surface area contributed by atoms with Crippen LogP contribution >= 0.6 is 0 Å². The normalized spacial score (nSPS) is 19.7. The number of para-hydroxylation sites is 1. The van der Waals surface area contributed by atoms with Crippen LogP contribution in [0.1, 0.15) is 41.6 Å². The van der Waals surface area contributed by atoms with Crippen LogP contribution in [0.4, 0.5) is 11.4 Å². The summed E-state index contributed by atoms with van der Waals surface area (Å²) in [6, 6.07) is 24.8. The number of nitrogens with one attached hydrogen (secondary N) is 1. The number of allylic oxidation sites excluding steroid dienone is 1. The van der Waals surface area contributed by atoms with E-state index in [2.05, 4.69) is 15.6 Å². The largest absolute Gasteiger partial charge is 0.395 e. The number of carbonyl (C=O) groups is 2. The van der Waals surface area contributed by atoms with E-state index in [0.29, 0.717) is 49.5 Å². The average molecular weight is 607 g/mol. The molecule has 3 atom stereocenters. The van der Waals surface area contributed by atoms with Gasteiger partial charge in [0, 0.05) is 43.0 Å². The molecule has 1 fully saturated rings. The van der Waals surface area contributed by atoms with Crippen molar-refractivity contribution in [1.29, 1.82) is 0 Å². The number of carbonyl (C=O) groups excluding carboxylic acids is 2. The fourth-order valence-electron chi connectivity index (χ4n) is 6.19. The Morgan fingerprint density at radius 2 is 1.78 bits per heavy atom. The third-order valence-corrected chi connectivity index (χ3v) is 8.76. The standard InChI is InChI=1S/C35H38N6O4/c1-25(9-7-8-19-39-23-31(37-38-39)29(24-42)27-10-3-2-4-11-27)35(45)30-12-5-6-13-32(30)41(34(35)44)22-26-14-16-28(17-15-26)40-20-18-36-21-33(40)43/h2-7,9-17,23,25,29,36,42,45H,8,18-22,24H2,1H3/b9-7+/t25-,29?,35+/m1/s1. The first kappa shape index (κ1) is 30.4. The summed E-state index contributed by atoms with van der Waals surface area (Å²) in [5.74, 6) is -1.05.